The molecular formula is C16H18BrF3N4O. The number of anilines is 1. The molecule has 9 heteroatoms. The van der Waals surface area contributed by atoms with E-state index in [0.717, 1.165) is 21.9 Å². The molecule has 0 saturated carbocycles. The van der Waals surface area contributed by atoms with Crippen molar-refractivity contribution in [3.05, 3.63) is 45.7 Å². The van der Waals surface area contributed by atoms with Crippen molar-refractivity contribution in [3.8, 4) is 0 Å². The Morgan fingerprint density at radius 1 is 1.28 bits per heavy atom. The molecule has 136 valence electrons. The van der Waals surface area contributed by atoms with Crippen molar-refractivity contribution in [2.45, 2.75) is 33.0 Å². The molecule has 0 aliphatic carbocycles. The second-order valence-electron chi connectivity index (χ2n) is 5.49. The first kappa shape index (κ1) is 19.3. The molecule has 5 nitrogen and oxygen atoms in total. The zero-order chi connectivity index (χ0) is 18.6. The quantitative estimate of drug-likeness (QED) is 0.702. The maximum atomic E-state index is 12.9. The number of nitrogens with one attached hydrogen (secondary N) is 2. The van der Waals surface area contributed by atoms with Gasteiger partial charge in [-0.05, 0) is 48.3 Å². The molecule has 2 N–H and O–H groups in total. The van der Waals surface area contributed by atoms with Gasteiger partial charge >= 0.3 is 12.2 Å². The van der Waals surface area contributed by atoms with Gasteiger partial charge in [0, 0.05) is 18.8 Å². The maximum absolute atomic E-state index is 12.9. The first-order valence-electron chi connectivity index (χ1n) is 7.60. The average molecular weight is 419 g/mol. The summed E-state index contributed by atoms with van der Waals surface area (Å²) in [6.45, 7) is 4.73. The fourth-order valence-electron chi connectivity index (χ4n) is 2.33. The number of halogens is 4. The van der Waals surface area contributed by atoms with Crippen molar-refractivity contribution < 1.29 is 18.0 Å². The molecule has 25 heavy (non-hydrogen) atoms. The lowest BCUT2D eigenvalue weighted by Gasteiger charge is -2.14. The van der Waals surface area contributed by atoms with Crippen LogP contribution in [0.25, 0.3) is 0 Å². The molecule has 0 unspecified atom stereocenters. The van der Waals surface area contributed by atoms with E-state index >= 15 is 0 Å². The van der Waals surface area contributed by atoms with E-state index in [-0.39, 0.29) is 5.69 Å². The van der Waals surface area contributed by atoms with Crippen molar-refractivity contribution in [2.24, 2.45) is 0 Å². The Balaban J connectivity index is 1.85. The molecule has 0 saturated heterocycles. The van der Waals surface area contributed by atoms with Gasteiger partial charge in [-0.15, -0.1) is 0 Å². The van der Waals surface area contributed by atoms with Crippen LogP contribution in [0.2, 0.25) is 0 Å². The molecule has 1 aromatic heterocycles. The van der Waals surface area contributed by atoms with Crippen LogP contribution >= 0.6 is 15.9 Å². The SMILES string of the molecule is Cc1nn(CCCNC(=O)Nc2ccccc2C(F)(F)F)c(C)c1Br. The first-order chi connectivity index (χ1) is 11.7. The van der Waals surface area contributed by atoms with Crippen molar-refractivity contribution in [1.29, 1.82) is 0 Å². The molecule has 0 atom stereocenters. The van der Waals surface area contributed by atoms with Gasteiger partial charge in [0.05, 0.1) is 21.4 Å². The maximum Gasteiger partial charge on any atom is 0.418 e. The van der Waals surface area contributed by atoms with Crippen LogP contribution in [0.15, 0.2) is 28.7 Å². The number of rotatable bonds is 5. The summed E-state index contributed by atoms with van der Waals surface area (Å²) < 4.78 is 41.4. The molecule has 0 radical (unpaired) electrons. The standard InChI is InChI=1S/C16H18BrF3N4O/c1-10-14(17)11(2)24(23-10)9-5-8-21-15(25)22-13-7-4-3-6-12(13)16(18,19)20/h3-4,6-7H,5,8-9H2,1-2H3,(H2,21,22,25). The predicted molar refractivity (Wildman–Crippen MR) is 92.5 cm³/mol. The van der Waals surface area contributed by atoms with Crippen LogP contribution in [0.4, 0.5) is 23.7 Å². The van der Waals surface area contributed by atoms with Crippen LogP contribution in [0, 0.1) is 13.8 Å². The lowest BCUT2D eigenvalue weighted by Crippen LogP contribution is -2.31. The summed E-state index contributed by atoms with van der Waals surface area (Å²) in [5.41, 5.74) is 0.723. The highest BCUT2D eigenvalue weighted by Gasteiger charge is 2.33. The van der Waals surface area contributed by atoms with E-state index in [1.165, 1.54) is 18.2 Å². The summed E-state index contributed by atoms with van der Waals surface area (Å²) in [7, 11) is 0. The minimum atomic E-state index is -4.52. The van der Waals surface area contributed by atoms with Crippen molar-refractivity contribution >= 4 is 27.6 Å². The van der Waals surface area contributed by atoms with Gasteiger partial charge < -0.3 is 10.6 Å². The number of urea groups is 1. The number of aryl methyl sites for hydroxylation is 2. The second kappa shape index (κ2) is 7.90. The zero-order valence-electron chi connectivity index (χ0n) is 13.7. The van der Waals surface area contributed by atoms with Crippen LogP contribution in [0.1, 0.15) is 23.4 Å². The number of hydrogen-bond acceptors (Lipinski definition) is 2. The number of aromatic nitrogens is 2. The third kappa shape index (κ3) is 4.97. The third-order valence-corrected chi connectivity index (χ3v) is 4.75. The lowest BCUT2D eigenvalue weighted by atomic mass is 10.1. The molecule has 2 rings (SSSR count). The molecule has 2 aromatic rings. The fraction of sp³-hybridized carbons (Fsp3) is 0.375. The summed E-state index contributed by atoms with van der Waals surface area (Å²) in [4.78, 5) is 11.8. The molecule has 2 amide bonds. The Morgan fingerprint density at radius 2 is 1.96 bits per heavy atom. The zero-order valence-corrected chi connectivity index (χ0v) is 15.3. The molecule has 0 bridgehead atoms. The Bertz CT molecular complexity index is 758. The molecule has 0 aliphatic heterocycles. The molecular weight excluding hydrogens is 401 g/mol. The Hall–Kier alpha value is -2.03. The van der Waals surface area contributed by atoms with E-state index in [1.807, 2.05) is 18.5 Å². The minimum Gasteiger partial charge on any atom is -0.338 e. The summed E-state index contributed by atoms with van der Waals surface area (Å²) >= 11 is 3.44. The predicted octanol–water partition coefficient (Wildman–Crippen LogP) is 4.49. The van der Waals surface area contributed by atoms with Crippen molar-refractivity contribution in [3.63, 3.8) is 0 Å². The third-order valence-electron chi connectivity index (χ3n) is 3.61. The molecule has 0 fully saturated rings. The number of nitrogens with zero attached hydrogens (tertiary/aromatic N) is 2. The van der Waals surface area contributed by atoms with Gasteiger partial charge in [0.2, 0.25) is 0 Å². The normalized spacial score (nSPS) is 11.4. The summed E-state index contributed by atoms with van der Waals surface area (Å²) in [5.74, 6) is 0. The number of para-hydroxylation sites is 1. The topological polar surface area (TPSA) is 59.0 Å². The molecule has 1 heterocycles. The lowest BCUT2D eigenvalue weighted by molar-refractivity contribution is -0.136. The summed E-state index contributed by atoms with van der Waals surface area (Å²) in [5, 5.41) is 9.14. The monoisotopic (exact) mass is 418 g/mol. The number of carbonyl (C=O) groups excluding carboxylic acids is 1. The van der Waals surface area contributed by atoms with E-state index < -0.39 is 17.8 Å². The number of alkyl halides is 3. The first-order valence-corrected chi connectivity index (χ1v) is 8.40. The Labute approximate surface area is 151 Å². The summed E-state index contributed by atoms with van der Waals surface area (Å²) in [6, 6.07) is 4.18. The van der Waals surface area contributed by atoms with Crippen molar-refractivity contribution in [1.82, 2.24) is 15.1 Å². The minimum absolute atomic E-state index is 0.269. The van der Waals surface area contributed by atoms with Gasteiger partial charge in [-0.25, -0.2) is 4.79 Å². The highest BCUT2D eigenvalue weighted by Crippen LogP contribution is 2.34. The second-order valence-corrected chi connectivity index (χ2v) is 6.28. The van der Waals surface area contributed by atoms with Crippen LogP contribution in [0.5, 0.6) is 0 Å². The number of benzene rings is 1. The van der Waals surface area contributed by atoms with Gasteiger partial charge in [0.1, 0.15) is 0 Å². The number of hydrogen-bond donors (Lipinski definition) is 2. The summed E-state index contributed by atoms with van der Waals surface area (Å²) in [6.07, 6.45) is -3.92. The highest BCUT2D eigenvalue weighted by molar-refractivity contribution is 9.10. The van der Waals surface area contributed by atoms with Crippen LogP contribution < -0.4 is 10.6 Å². The van der Waals surface area contributed by atoms with Crippen molar-refractivity contribution in [2.75, 3.05) is 11.9 Å². The Kier molecular flexibility index (Phi) is 6.10. The Morgan fingerprint density at radius 3 is 2.56 bits per heavy atom. The largest absolute Gasteiger partial charge is 0.418 e. The van der Waals surface area contributed by atoms with Crippen LogP contribution in [-0.2, 0) is 12.7 Å². The van der Waals surface area contributed by atoms with Gasteiger partial charge in [0.25, 0.3) is 0 Å². The van der Waals surface area contributed by atoms with Crippen LogP contribution in [0.3, 0.4) is 0 Å². The fourth-order valence-corrected chi connectivity index (χ4v) is 2.61. The van der Waals surface area contributed by atoms with E-state index in [4.69, 9.17) is 0 Å². The van der Waals surface area contributed by atoms with Gasteiger partial charge in [-0.1, -0.05) is 12.1 Å². The molecule has 0 spiro atoms. The van der Waals surface area contributed by atoms with Gasteiger partial charge in [0.15, 0.2) is 0 Å². The number of carbonyl (C=O) groups is 1. The van der Waals surface area contributed by atoms with E-state index in [2.05, 4.69) is 31.7 Å². The van der Waals surface area contributed by atoms with Gasteiger partial charge in [-0.3, -0.25) is 4.68 Å². The molecule has 0 aliphatic rings. The average Bonchev–Trinajstić information content (AvgIpc) is 2.78. The van der Waals surface area contributed by atoms with E-state index in [1.54, 1.807) is 0 Å². The van der Waals surface area contributed by atoms with E-state index in [0.29, 0.717) is 19.5 Å². The molecule has 1 aromatic carbocycles. The van der Waals surface area contributed by atoms with Gasteiger partial charge in [-0.2, -0.15) is 18.3 Å². The number of amides is 2. The smallest absolute Gasteiger partial charge is 0.338 e. The van der Waals surface area contributed by atoms with E-state index in [9.17, 15) is 18.0 Å². The highest BCUT2D eigenvalue weighted by atomic mass is 79.9. The van der Waals surface area contributed by atoms with Crippen LogP contribution in [-0.4, -0.2) is 22.4 Å².